The van der Waals surface area contributed by atoms with Gasteiger partial charge in [0.2, 0.25) is 0 Å². The number of hydrogen-bond acceptors (Lipinski definition) is 5. The molecule has 1 aromatic heterocycles. The van der Waals surface area contributed by atoms with E-state index in [1.54, 1.807) is 36.0 Å². The molecule has 1 atom stereocenters. The third-order valence-electron chi connectivity index (χ3n) is 3.48. The van der Waals surface area contributed by atoms with Crippen LogP contribution in [0.15, 0.2) is 41.4 Å². The minimum absolute atomic E-state index is 0.114. The minimum atomic E-state index is -0.876. The molecule has 0 fully saturated rings. The lowest BCUT2D eigenvalue weighted by Crippen LogP contribution is -2.31. The van der Waals surface area contributed by atoms with Gasteiger partial charge in [0.1, 0.15) is 5.82 Å². The first kappa shape index (κ1) is 20.3. The molecule has 0 bridgehead atoms. The van der Waals surface area contributed by atoms with E-state index < -0.39 is 12.1 Å². The highest BCUT2D eigenvalue weighted by Gasteiger charge is 2.19. The van der Waals surface area contributed by atoms with Crippen LogP contribution in [0.5, 0.6) is 0 Å². The van der Waals surface area contributed by atoms with Crippen molar-refractivity contribution in [1.29, 1.82) is 0 Å². The number of rotatable bonds is 8. The van der Waals surface area contributed by atoms with Crippen LogP contribution >= 0.6 is 23.4 Å². The van der Waals surface area contributed by atoms with Crippen molar-refractivity contribution < 1.29 is 14.3 Å². The summed E-state index contributed by atoms with van der Waals surface area (Å²) in [7, 11) is 0. The molecule has 26 heavy (non-hydrogen) atoms. The number of carbonyl (C=O) groups is 2. The number of hydrogen-bond donors (Lipinski definition) is 1. The summed E-state index contributed by atoms with van der Waals surface area (Å²) < 4.78 is 6.89. The van der Waals surface area contributed by atoms with Gasteiger partial charge in [0.25, 0.3) is 5.91 Å². The van der Waals surface area contributed by atoms with Gasteiger partial charge in [-0.15, -0.1) is 11.8 Å². The lowest BCUT2D eigenvalue weighted by molar-refractivity contribution is -0.152. The molecule has 1 N–H and O–H groups in total. The SMILES string of the molecule is CC(C)n1nccc1NC(=O)[C@@H](C)OC(=O)CCSc1ccc(Cl)cc1. The zero-order valence-corrected chi connectivity index (χ0v) is 16.5. The van der Waals surface area contributed by atoms with Crippen LogP contribution in [0.1, 0.15) is 33.2 Å². The van der Waals surface area contributed by atoms with Gasteiger partial charge in [-0.2, -0.15) is 5.10 Å². The van der Waals surface area contributed by atoms with Crippen molar-refractivity contribution in [1.82, 2.24) is 9.78 Å². The Morgan fingerprint density at radius 1 is 1.23 bits per heavy atom. The summed E-state index contributed by atoms with van der Waals surface area (Å²) >= 11 is 7.36. The molecule has 0 radical (unpaired) electrons. The van der Waals surface area contributed by atoms with E-state index in [1.807, 2.05) is 26.0 Å². The largest absolute Gasteiger partial charge is 0.453 e. The average Bonchev–Trinajstić information content (AvgIpc) is 3.05. The maximum Gasteiger partial charge on any atom is 0.307 e. The lowest BCUT2D eigenvalue weighted by Gasteiger charge is -2.15. The summed E-state index contributed by atoms with van der Waals surface area (Å²) in [5, 5.41) is 7.55. The maximum absolute atomic E-state index is 12.2. The van der Waals surface area contributed by atoms with Crippen LogP contribution in [-0.4, -0.2) is 33.5 Å². The van der Waals surface area contributed by atoms with E-state index in [-0.39, 0.29) is 18.4 Å². The molecule has 0 aliphatic carbocycles. The number of anilines is 1. The molecule has 6 nitrogen and oxygen atoms in total. The van der Waals surface area contributed by atoms with Crippen molar-refractivity contribution in [3.05, 3.63) is 41.6 Å². The van der Waals surface area contributed by atoms with E-state index >= 15 is 0 Å². The standard InChI is InChI=1S/C18H22ClN3O3S/c1-12(2)22-16(8-10-20-22)21-18(24)13(3)25-17(23)9-11-26-15-6-4-14(19)5-7-15/h4-8,10,12-13H,9,11H2,1-3H3,(H,21,24)/t13-/m1/s1. The fraction of sp³-hybridized carbons (Fsp3) is 0.389. The second-order valence-corrected chi connectivity index (χ2v) is 7.53. The van der Waals surface area contributed by atoms with Crippen LogP contribution in [0, 0.1) is 0 Å². The van der Waals surface area contributed by atoms with Crippen molar-refractivity contribution in [2.75, 3.05) is 11.1 Å². The van der Waals surface area contributed by atoms with Gasteiger partial charge in [-0.25, -0.2) is 4.68 Å². The second kappa shape index (κ2) is 9.64. The Labute approximate surface area is 162 Å². The number of aromatic nitrogens is 2. The monoisotopic (exact) mass is 395 g/mol. The molecular formula is C18H22ClN3O3S. The van der Waals surface area contributed by atoms with Crippen molar-refractivity contribution in [2.45, 2.75) is 44.2 Å². The van der Waals surface area contributed by atoms with Gasteiger partial charge in [-0.05, 0) is 45.0 Å². The Hall–Kier alpha value is -1.99. The van der Waals surface area contributed by atoms with Crippen LogP contribution < -0.4 is 5.32 Å². The van der Waals surface area contributed by atoms with E-state index in [0.717, 1.165) is 4.90 Å². The summed E-state index contributed by atoms with van der Waals surface area (Å²) in [5.41, 5.74) is 0. The maximum atomic E-state index is 12.2. The van der Waals surface area contributed by atoms with Gasteiger partial charge < -0.3 is 10.1 Å². The number of nitrogens with one attached hydrogen (secondary N) is 1. The predicted molar refractivity (Wildman–Crippen MR) is 104 cm³/mol. The number of ether oxygens (including phenoxy) is 1. The topological polar surface area (TPSA) is 73.2 Å². The molecule has 2 aromatic rings. The fourth-order valence-electron chi connectivity index (χ4n) is 2.15. The number of carbonyl (C=O) groups excluding carboxylic acids is 2. The molecule has 8 heteroatoms. The second-order valence-electron chi connectivity index (χ2n) is 5.93. The highest BCUT2D eigenvalue weighted by molar-refractivity contribution is 7.99. The number of amides is 1. The Balaban J connectivity index is 1.76. The van der Waals surface area contributed by atoms with Gasteiger partial charge in [-0.1, -0.05) is 11.6 Å². The average molecular weight is 396 g/mol. The third kappa shape index (κ3) is 6.07. The normalized spacial score (nSPS) is 12.0. The Morgan fingerprint density at radius 3 is 2.58 bits per heavy atom. The van der Waals surface area contributed by atoms with Crippen LogP contribution in [0.2, 0.25) is 5.02 Å². The van der Waals surface area contributed by atoms with E-state index in [1.165, 1.54) is 11.8 Å². The van der Waals surface area contributed by atoms with Gasteiger partial charge in [0.15, 0.2) is 6.10 Å². The van der Waals surface area contributed by atoms with Gasteiger partial charge in [0.05, 0.1) is 12.6 Å². The quantitative estimate of drug-likeness (QED) is 0.536. The smallest absolute Gasteiger partial charge is 0.307 e. The van der Waals surface area contributed by atoms with Crippen molar-refractivity contribution in [3.63, 3.8) is 0 Å². The summed E-state index contributed by atoms with van der Waals surface area (Å²) in [6, 6.07) is 9.21. The van der Waals surface area contributed by atoms with E-state index in [4.69, 9.17) is 16.3 Å². The van der Waals surface area contributed by atoms with Gasteiger partial charge in [0, 0.05) is 27.8 Å². The van der Waals surface area contributed by atoms with Crippen LogP contribution in [0.25, 0.3) is 0 Å². The number of halogens is 1. The summed E-state index contributed by atoms with van der Waals surface area (Å²) in [6.07, 6.45) is 0.952. The minimum Gasteiger partial charge on any atom is -0.453 e. The van der Waals surface area contributed by atoms with Gasteiger partial charge >= 0.3 is 5.97 Å². The molecule has 0 spiro atoms. The molecule has 0 aliphatic rings. The van der Waals surface area contributed by atoms with E-state index in [0.29, 0.717) is 16.6 Å². The number of benzene rings is 1. The molecule has 0 saturated carbocycles. The molecule has 2 rings (SSSR count). The first-order chi connectivity index (χ1) is 12.4. The third-order valence-corrected chi connectivity index (χ3v) is 4.74. The predicted octanol–water partition coefficient (Wildman–Crippen LogP) is 4.17. The molecular weight excluding hydrogens is 374 g/mol. The van der Waals surface area contributed by atoms with Gasteiger partial charge in [-0.3, -0.25) is 9.59 Å². The molecule has 0 aliphatic heterocycles. The van der Waals surface area contributed by atoms with Crippen molar-refractivity contribution in [2.24, 2.45) is 0 Å². The van der Waals surface area contributed by atoms with Crippen molar-refractivity contribution in [3.8, 4) is 0 Å². The molecule has 1 heterocycles. The van der Waals surface area contributed by atoms with Crippen molar-refractivity contribution >= 4 is 41.1 Å². The van der Waals surface area contributed by atoms with Crippen LogP contribution in [0.4, 0.5) is 5.82 Å². The Bertz CT molecular complexity index is 746. The van der Waals surface area contributed by atoms with E-state index in [9.17, 15) is 9.59 Å². The van der Waals surface area contributed by atoms with Crippen LogP contribution in [-0.2, 0) is 14.3 Å². The van der Waals surface area contributed by atoms with E-state index in [2.05, 4.69) is 10.4 Å². The zero-order chi connectivity index (χ0) is 19.1. The first-order valence-corrected chi connectivity index (χ1v) is 9.65. The van der Waals surface area contributed by atoms with Crippen LogP contribution in [0.3, 0.4) is 0 Å². The summed E-state index contributed by atoms with van der Waals surface area (Å²) in [4.78, 5) is 25.1. The number of esters is 1. The summed E-state index contributed by atoms with van der Waals surface area (Å²) in [6.45, 7) is 5.48. The highest BCUT2D eigenvalue weighted by Crippen LogP contribution is 2.21. The summed E-state index contributed by atoms with van der Waals surface area (Å²) in [5.74, 6) is 0.346. The molecule has 0 unspecified atom stereocenters. The number of thioether (sulfide) groups is 1. The number of nitrogens with zero attached hydrogens (tertiary/aromatic N) is 2. The Morgan fingerprint density at radius 2 is 1.92 bits per heavy atom. The molecule has 0 saturated heterocycles. The molecule has 140 valence electrons. The first-order valence-electron chi connectivity index (χ1n) is 8.29. The zero-order valence-electron chi connectivity index (χ0n) is 14.9. The lowest BCUT2D eigenvalue weighted by atomic mass is 10.3. The molecule has 1 aromatic carbocycles. The Kier molecular flexibility index (Phi) is 7.53. The fourth-order valence-corrected chi connectivity index (χ4v) is 3.10. The molecule has 1 amide bonds. The highest BCUT2D eigenvalue weighted by atomic mass is 35.5.